The quantitative estimate of drug-likeness (QED) is 0.661. The number of rotatable bonds is 5. The van der Waals surface area contributed by atoms with Gasteiger partial charge in [-0.15, -0.1) is 0 Å². The highest BCUT2D eigenvalue weighted by atomic mass is 35.5. The Balaban J connectivity index is 2.15. The number of carbonyl (C=O) groups is 2. The normalized spacial score (nSPS) is 10.5. The van der Waals surface area contributed by atoms with E-state index in [1.165, 1.54) is 6.08 Å². The van der Waals surface area contributed by atoms with Gasteiger partial charge in [0.15, 0.2) is 0 Å². The fraction of sp³-hybridized carbons (Fsp3) is 0.111. The van der Waals surface area contributed by atoms with Gasteiger partial charge in [-0.2, -0.15) is 0 Å². The Bertz CT molecular complexity index is 723. The molecule has 0 heterocycles. The topological polar surface area (TPSA) is 55.4 Å². The molecular formula is C18H16ClNO3. The molecule has 2 rings (SSSR count). The molecule has 4 nitrogen and oxygen atoms in total. The number of ether oxygens (including phenoxy) is 1. The van der Waals surface area contributed by atoms with E-state index in [2.05, 4.69) is 5.32 Å². The van der Waals surface area contributed by atoms with Crippen molar-refractivity contribution in [3.8, 4) is 0 Å². The minimum Gasteiger partial charge on any atom is -0.463 e. The van der Waals surface area contributed by atoms with Crippen molar-refractivity contribution in [2.75, 3.05) is 11.9 Å². The summed E-state index contributed by atoms with van der Waals surface area (Å²) < 4.78 is 4.84. The van der Waals surface area contributed by atoms with Gasteiger partial charge in [0, 0.05) is 22.3 Å². The monoisotopic (exact) mass is 329 g/mol. The van der Waals surface area contributed by atoms with Crippen LogP contribution in [0, 0.1) is 0 Å². The lowest BCUT2D eigenvalue weighted by Gasteiger charge is -2.08. The average molecular weight is 330 g/mol. The molecule has 2 aromatic rings. The standard InChI is InChI=1S/C18H16ClNO3/c1-2-23-17(21)12-9-13-5-3-4-6-16(13)20-18(22)14-7-10-15(19)11-8-14/h3-12H,2H2,1H3,(H,20,22). The van der Waals surface area contributed by atoms with Crippen LogP contribution in [0.5, 0.6) is 0 Å². The Morgan fingerprint density at radius 2 is 1.83 bits per heavy atom. The number of esters is 1. The van der Waals surface area contributed by atoms with E-state index in [4.69, 9.17) is 16.3 Å². The van der Waals surface area contributed by atoms with Gasteiger partial charge in [0.1, 0.15) is 0 Å². The van der Waals surface area contributed by atoms with Gasteiger partial charge in [0.25, 0.3) is 5.91 Å². The summed E-state index contributed by atoms with van der Waals surface area (Å²) in [5, 5.41) is 3.39. The summed E-state index contributed by atoms with van der Waals surface area (Å²) in [6.45, 7) is 2.06. The zero-order valence-corrected chi connectivity index (χ0v) is 13.3. The van der Waals surface area contributed by atoms with Crippen LogP contribution in [0.15, 0.2) is 54.6 Å². The lowest BCUT2D eigenvalue weighted by Crippen LogP contribution is -2.12. The molecule has 0 aliphatic rings. The van der Waals surface area contributed by atoms with Crippen LogP contribution in [0.3, 0.4) is 0 Å². The van der Waals surface area contributed by atoms with Crippen LogP contribution in [0.4, 0.5) is 5.69 Å². The molecule has 0 atom stereocenters. The van der Waals surface area contributed by atoms with Crippen LogP contribution in [0.1, 0.15) is 22.8 Å². The second-order valence-electron chi connectivity index (χ2n) is 4.63. The number of hydrogen-bond acceptors (Lipinski definition) is 3. The van der Waals surface area contributed by atoms with Gasteiger partial charge in [-0.05, 0) is 48.9 Å². The highest BCUT2D eigenvalue weighted by Crippen LogP contribution is 2.18. The molecule has 1 amide bonds. The molecule has 2 aromatic carbocycles. The van der Waals surface area contributed by atoms with Gasteiger partial charge in [0.2, 0.25) is 0 Å². The first-order valence-electron chi connectivity index (χ1n) is 7.11. The van der Waals surface area contributed by atoms with Gasteiger partial charge in [-0.3, -0.25) is 4.79 Å². The number of carbonyl (C=O) groups excluding carboxylic acids is 2. The molecule has 0 fully saturated rings. The van der Waals surface area contributed by atoms with Crippen molar-refractivity contribution >= 4 is 35.2 Å². The Hall–Kier alpha value is -2.59. The van der Waals surface area contributed by atoms with Gasteiger partial charge in [-0.25, -0.2) is 4.79 Å². The van der Waals surface area contributed by atoms with Crippen molar-refractivity contribution in [1.29, 1.82) is 0 Å². The van der Waals surface area contributed by atoms with Gasteiger partial charge in [-0.1, -0.05) is 29.8 Å². The molecule has 0 aliphatic heterocycles. The Morgan fingerprint density at radius 1 is 1.13 bits per heavy atom. The fourth-order valence-electron chi connectivity index (χ4n) is 1.90. The maximum Gasteiger partial charge on any atom is 0.330 e. The number of nitrogens with one attached hydrogen (secondary N) is 1. The molecule has 0 saturated carbocycles. The number of hydrogen-bond donors (Lipinski definition) is 1. The lowest BCUT2D eigenvalue weighted by molar-refractivity contribution is -0.137. The van der Waals surface area contributed by atoms with Crippen LogP contribution in [0.2, 0.25) is 5.02 Å². The van der Waals surface area contributed by atoms with E-state index >= 15 is 0 Å². The second-order valence-corrected chi connectivity index (χ2v) is 5.07. The summed E-state index contributed by atoms with van der Waals surface area (Å²) in [5.41, 5.74) is 1.81. The van der Waals surface area contributed by atoms with E-state index in [1.54, 1.807) is 55.5 Å². The first kappa shape index (κ1) is 16.8. The molecule has 118 valence electrons. The van der Waals surface area contributed by atoms with E-state index in [0.717, 1.165) is 0 Å². The zero-order chi connectivity index (χ0) is 16.7. The number of anilines is 1. The highest BCUT2D eigenvalue weighted by molar-refractivity contribution is 6.30. The van der Waals surface area contributed by atoms with E-state index in [-0.39, 0.29) is 5.91 Å². The van der Waals surface area contributed by atoms with Crippen molar-refractivity contribution in [2.24, 2.45) is 0 Å². The third kappa shape index (κ3) is 4.97. The lowest BCUT2D eigenvalue weighted by atomic mass is 10.1. The number of benzene rings is 2. The molecule has 0 radical (unpaired) electrons. The first-order chi connectivity index (χ1) is 11.1. The summed E-state index contributed by atoms with van der Waals surface area (Å²) in [5.74, 6) is -0.676. The minimum atomic E-state index is -0.425. The maximum absolute atomic E-state index is 12.2. The molecule has 0 spiro atoms. The molecule has 0 aromatic heterocycles. The molecule has 0 bridgehead atoms. The SMILES string of the molecule is CCOC(=O)C=Cc1ccccc1NC(=O)c1ccc(Cl)cc1. The van der Waals surface area contributed by atoms with Crippen molar-refractivity contribution in [3.63, 3.8) is 0 Å². The van der Waals surface area contributed by atoms with E-state index in [9.17, 15) is 9.59 Å². The molecule has 0 unspecified atom stereocenters. The molecule has 0 aliphatic carbocycles. The van der Waals surface area contributed by atoms with E-state index in [1.807, 2.05) is 6.07 Å². The van der Waals surface area contributed by atoms with Crippen LogP contribution >= 0.6 is 11.6 Å². The van der Waals surface area contributed by atoms with Crippen LogP contribution in [0.25, 0.3) is 6.08 Å². The second kappa shape index (κ2) is 8.15. The molecule has 5 heteroatoms. The van der Waals surface area contributed by atoms with Gasteiger partial charge in [0.05, 0.1) is 6.61 Å². The zero-order valence-electron chi connectivity index (χ0n) is 12.6. The molecule has 1 N–H and O–H groups in total. The molecular weight excluding hydrogens is 314 g/mol. The largest absolute Gasteiger partial charge is 0.463 e. The van der Waals surface area contributed by atoms with Gasteiger partial charge >= 0.3 is 5.97 Å². The minimum absolute atomic E-state index is 0.251. The maximum atomic E-state index is 12.2. The Labute approximate surface area is 139 Å². The summed E-state index contributed by atoms with van der Waals surface area (Å²) in [6.07, 6.45) is 2.94. The number of para-hydroxylation sites is 1. The summed E-state index contributed by atoms with van der Waals surface area (Å²) in [7, 11) is 0. The number of halogens is 1. The van der Waals surface area contributed by atoms with Crippen LogP contribution < -0.4 is 5.32 Å². The van der Waals surface area contributed by atoms with Crippen molar-refractivity contribution in [2.45, 2.75) is 6.92 Å². The van der Waals surface area contributed by atoms with Crippen LogP contribution in [-0.4, -0.2) is 18.5 Å². The van der Waals surface area contributed by atoms with Crippen LogP contribution in [-0.2, 0) is 9.53 Å². The third-order valence-electron chi connectivity index (χ3n) is 3.00. The number of amides is 1. The summed E-state index contributed by atoms with van der Waals surface area (Å²) in [4.78, 5) is 23.6. The first-order valence-corrected chi connectivity index (χ1v) is 7.48. The summed E-state index contributed by atoms with van der Waals surface area (Å²) in [6, 6.07) is 13.8. The predicted octanol–water partition coefficient (Wildman–Crippen LogP) is 4.17. The van der Waals surface area contributed by atoms with Crippen molar-refractivity contribution < 1.29 is 14.3 Å². The Kier molecular flexibility index (Phi) is 5.94. The predicted molar refractivity (Wildman–Crippen MR) is 91.5 cm³/mol. The van der Waals surface area contributed by atoms with E-state index in [0.29, 0.717) is 28.4 Å². The fourth-order valence-corrected chi connectivity index (χ4v) is 2.03. The molecule has 0 saturated heterocycles. The van der Waals surface area contributed by atoms with Gasteiger partial charge < -0.3 is 10.1 Å². The smallest absolute Gasteiger partial charge is 0.330 e. The van der Waals surface area contributed by atoms with Crippen molar-refractivity contribution in [3.05, 3.63) is 70.8 Å². The average Bonchev–Trinajstić information content (AvgIpc) is 2.55. The highest BCUT2D eigenvalue weighted by Gasteiger charge is 2.08. The summed E-state index contributed by atoms with van der Waals surface area (Å²) >= 11 is 5.81. The van der Waals surface area contributed by atoms with E-state index < -0.39 is 5.97 Å². The van der Waals surface area contributed by atoms with Crippen molar-refractivity contribution in [1.82, 2.24) is 0 Å². The Morgan fingerprint density at radius 3 is 2.52 bits per heavy atom. The molecule has 23 heavy (non-hydrogen) atoms. The third-order valence-corrected chi connectivity index (χ3v) is 3.25.